The highest BCUT2D eigenvalue weighted by atomic mass is 16.5. The molecule has 0 N–H and O–H groups in total. The van der Waals surface area contributed by atoms with Crippen LogP contribution in [-0.4, -0.2) is 58.2 Å². The molecule has 0 unspecified atom stereocenters. The molecule has 24 heavy (non-hydrogen) atoms. The highest BCUT2D eigenvalue weighted by molar-refractivity contribution is 5.28. The van der Waals surface area contributed by atoms with Crippen molar-refractivity contribution in [3.8, 4) is 0 Å². The van der Waals surface area contributed by atoms with E-state index in [-0.39, 0.29) is 0 Å². The maximum atomic E-state index is 6.09. The van der Waals surface area contributed by atoms with Gasteiger partial charge in [-0.15, -0.1) is 0 Å². The molecule has 2 fully saturated rings. The van der Waals surface area contributed by atoms with Crippen molar-refractivity contribution >= 4 is 5.95 Å². The highest BCUT2D eigenvalue weighted by Gasteiger charge is 2.35. The molecule has 6 nitrogen and oxygen atoms in total. The van der Waals surface area contributed by atoms with Gasteiger partial charge >= 0.3 is 0 Å². The minimum atomic E-state index is 0.295. The van der Waals surface area contributed by atoms with Crippen molar-refractivity contribution in [2.24, 2.45) is 0 Å². The summed E-state index contributed by atoms with van der Waals surface area (Å²) < 4.78 is 6.09. The topological polar surface area (TPSA) is 54.4 Å². The lowest BCUT2D eigenvalue weighted by Gasteiger charge is -2.40. The average molecular weight is 325 g/mol. The van der Waals surface area contributed by atoms with Gasteiger partial charge in [0.15, 0.2) is 0 Å². The second kappa shape index (κ2) is 7.23. The molecule has 2 aromatic heterocycles. The SMILES string of the molecule is c1cnc(N2CC[C@@H]3[C@@H](CC2)OCCN3Cc2cccnc2)nc1. The molecule has 2 saturated heterocycles. The van der Waals surface area contributed by atoms with Crippen LogP contribution in [0.4, 0.5) is 5.95 Å². The van der Waals surface area contributed by atoms with Crippen LogP contribution in [0.5, 0.6) is 0 Å². The first-order valence-corrected chi connectivity index (χ1v) is 8.67. The predicted octanol–water partition coefficient (Wildman–Crippen LogP) is 1.74. The molecule has 2 aliphatic rings. The van der Waals surface area contributed by atoms with Crippen LogP contribution in [0, 0.1) is 0 Å². The van der Waals surface area contributed by atoms with Crippen molar-refractivity contribution in [1.82, 2.24) is 19.9 Å². The van der Waals surface area contributed by atoms with Gasteiger partial charge in [-0.1, -0.05) is 6.07 Å². The van der Waals surface area contributed by atoms with E-state index in [1.54, 1.807) is 0 Å². The van der Waals surface area contributed by atoms with Gasteiger partial charge in [-0.3, -0.25) is 9.88 Å². The van der Waals surface area contributed by atoms with E-state index in [1.165, 1.54) is 5.56 Å². The fourth-order valence-electron chi connectivity index (χ4n) is 3.74. The zero-order valence-corrected chi connectivity index (χ0v) is 13.8. The Hall–Kier alpha value is -2.05. The molecule has 0 radical (unpaired) electrons. The number of morpholine rings is 1. The van der Waals surface area contributed by atoms with E-state index < -0.39 is 0 Å². The lowest BCUT2D eigenvalue weighted by molar-refractivity contribution is -0.0746. The van der Waals surface area contributed by atoms with Gasteiger partial charge in [0.1, 0.15) is 0 Å². The van der Waals surface area contributed by atoms with E-state index in [9.17, 15) is 0 Å². The number of pyridine rings is 1. The van der Waals surface area contributed by atoms with Crippen molar-refractivity contribution in [3.63, 3.8) is 0 Å². The fourth-order valence-corrected chi connectivity index (χ4v) is 3.74. The number of ether oxygens (including phenoxy) is 1. The Kier molecular flexibility index (Phi) is 4.66. The minimum absolute atomic E-state index is 0.295. The zero-order chi connectivity index (χ0) is 16.2. The molecule has 4 rings (SSSR count). The summed E-state index contributed by atoms with van der Waals surface area (Å²) in [5.74, 6) is 0.829. The van der Waals surface area contributed by atoms with Gasteiger partial charge < -0.3 is 9.64 Å². The summed E-state index contributed by atoms with van der Waals surface area (Å²) in [7, 11) is 0. The third-order valence-electron chi connectivity index (χ3n) is 4.93. The summed E-state index contributed by atoms with van der Waals surface area (Å²) in [5.41, 5.74) is 1.27. The molecule has 0 spiro atoms. The van der Waals surface area contributed by atoms with Crippen LogP contribution in [0.15, 0.2) is 43.0 Å². The second-order valence-electron chi connectivity index (χ2n) is 6.42. The third-order valence-corrected chi connectivity index (χ3v) is 4.93. The summed E-state index contributed by atoms with van der Waals surface area (Å²) in [6.07, 6.45) is 9.80. The molecule has 126 valence electrons. The Balaban J connectivity index is 1.46. The Morgan fingerprint density at radius 2 is 1.92 bits per heavy atom. The number of fused-ring (bicyclic) bond motifs is 1. The van der Waals surface area contributed by atoms with Crippen LogP contribution < -0.4 is 4.90 Å². The van der Waals surface area contributed by atoms with E-state index in [0.29, 0.717) is 12.1 Å². The first-order valence-electron chi connectivity index (χ1n) is 8.67. The smallest absolute Gasteiger partial charge is 0.225 e. The highest BCUT2D eigenvalue weighted by Crippen LogP contribution is 2.26. The Labute approximate surface area is 142 Å². The van der Waals surface area contributed by atoms with Crippen LogP contribution in [0.2, 0.25) is 0 Å². The summed E-state index contributed by atoms with van der Waals surface area (Å²) in [4.78, 5) is 17.9. The number of rotatable bonds is 3. The van der Waals surface area contributed by atoms with Crippen molar-refractivity contribution in [2.75, 3.05) is 31.1 Å². The summed E-state index contributed by atoms with van der Waals surface area (Å²) in [6, 6.07) is 6.47. The van der Waals surface area contributed by atoms with Crippen molar-refractivity contribution < 1.29 is 4.74 Å². The molecule has 4 heterocycles. The molecule has 6 heteroatoms. The average Bonchev–Trinajstić information content (AvgIpc) is 2.87. The molecule has 0 bridgehead atoms. The van der Waals surface area contributed by atoms with Crippen LogP contribution in [-0.2, 0) is 11.3 Å². The summed E-state index contributed by atoms with van der Waals surface area (Å²) >= 11 is 0. The van der Waals surface area contributed by atoms with Gasteiger partial charge in [-0.25, -0.2) is 9.97 Å². The molecule has 0 aromatic carbocycles. The van der Waals surface area contributed by atoms with Crippen LogP contribution in [0.1, 0.15) is 18.4 Å². The maximum Gasteiger partial charge on any atom is 0.225 e. The van der Waals surface area contributed by atoms with Gasteiger partial charge in [-0.05, 0) is 30.5 Å². The van der Waals surface area contributed by atoms with Crippen LogP contribution in [0.3, 0.4) is 0 Å². The number of anilines is 1. The molecular weight excluding hydrogens is 302 g/mol. The Bertz CT molecular complexity index is 638. The number of aromatic nitrogens is 3. The van der Waals surface area contributed by atoms with E-state index in [4.69, 9.17) is 4.74 Å². The van der Waals surface area contributed by atoms with Gasteiger partial charge in [-0.2, -0.15) is 0 Å². The summed E-state index contributed by atoms with van der Waals surface area (Å²) in [6.45, 7) is 4.66. The molecule has 2 aliphatic heterocycles. The van der Waals surface area contributed by atoms with Gasteiger partial charge in [0.05, 0.1) is 12.7 Å². The number of hydrogen-bond donors (Lipinski definition) is 0. The van der Waals surface area contributed by atoms with Crippen molar-refractivity contribution in [1.29, 1.82) is 0 Å². The first-order chi connectivity index (χ1) is 11.9. The molecule has 0 aliphatic carbocycles. The van der Waals surface area contributed by atoms with Gasteiger partial charge in [0, 0.05) is 57.0 Å². The fraction of sp³-hybridized carbons (Fsp3) is 0.500. The van der Waals surface area contributed by atoms with Gasteiger partial charge in [0.2, 0.25) is 5.95 Å². The van der Waals surface area contributed by atoms with E-state index in [1.807, 2.05) is 36.9 Å². The standard InChI is InChI=1S/C18H23N5O/c1-3-15(13-19-6-1)14-23-11-12-24-17-5-10-22(9-4-16(17)23)18-20-7-2-8-21-18/h1-3,6-8,13,16-17H,4-5,9-12,14H2/t16-,17-/m1/s1. The quantitative estimate of drug-likeness (QED) is 0.857. The second-order valence-corrected chi connectivity index (χ2v) is 6.42. The molecule has 0 saturated carbocycles. The van der Waals surface area contributed by atoms with E-state index in [0.717, 1.165) is 51.6 Å². The minimum Gasteiger partial charge on any atom is -0.375 e. The molecule has 0 amide bonds. The molecular formula is C18H23N5O. The lowest BCUT2D eigenvalue weighted by atomic mass is 10.0. The van der Waals surface area contributed by atoms with Crippen LogP contribution >= 0.6 is 0 Å². The van der Waals surface area contributed by atoms with E-state index in [2.05, 4.69) is 30.8 Å². The monoisotopic (exact) mass is 325 g/mol. The maximum absolute atomic E-state index is 6.09. The number of hydrogen-bond acceptors (Lipinski definition) is 6. The van der Waals surface area contributed by atoms with Gasteiger partial charge in [0.25, 0.3) is 0 Å². The Morgan fingerprint density at radius 1 is 1.04 bits per heavy atom. The molecule has 2 aromatic rings. The number of nitrogens with zero attached hydrogens (tertiary/aromatic N) is 5. The predicted molar refractivity (Wildman–Crippen MR) is 91.7 cm³/mol. The van der Waals surface area contributed by atoms with Crippen molar-refractivity contribution in [2.45, 2.75) is 31.5 Å². The Morgan fingerprint density at radius 3 is 2.75 bits per heavy atom. The van der Waals surface area contributed by atoms with Crippen LogP contribution in [0.25, 0.3) is 0 Å². The van der Waals surface area contributed by atoms with Crippen molar-refractivity contribution in [3.05, 3.63) is 48.5 Å². The first kappa shape index (κ1) is 15.5. The van der Waals surface area contributed by atoms with E-state index >= 15 is 0 Å². The lowest BCUT2D eigenvalue weighted by Crippen LogP contribution is -2.50. The third kappa shape index (κ3) is 3.39. The zero-order valence-electron chi connectivity index (χ0n) is 13.8. The molecule has 2 atom stereocenters. The largest absolute Gasteiger partial charge is 0.375 e. The normalized spacial score (nSPS) is 25.1. The summed E-state index contributed by atoms with van der Waals surface area (Å²) in [5, 5.41) is 0.